The van der Waals surface area contributed by atoms with Crippen molar-refractivity contribution in [2.24, 2.45) is 16.8 Å². The topological polar surface area (TPSA) is 173 Å². The highest BCUT2D eigenvalue weighted by atomic mass is 79.9. The molecule has 0 spiro atoms. The van der Waals surface area contributed by atoms with Gasteiger partial charge < -0.3 is 16.0 Å². The van der Waals surface area contributed by atoms with E-state index in [4.69, 9.17) is 4.99 Å². The van der Waals surface area contributed by atoms with Crippen LogP contribution in [0.3, 0.4) is 0 Å². The van der Waals surface area contributed by atoms with Crippen LogP contribution in [-0.2, 0) is 19.6 Å². The zero-order valence-electron chi connectivity index (χ0n) is 28.6. The van der Waals surface area contributed by atoms with Gasteiger partial charge in [0.1, 0.15) is 0 Å². The van der Waals surface area contributed by atoms with Crippen LogP contribution in [0.2, 0.25) is 0 Å². The van der Waals surface area contributed by atoms with E-state index in [1.807, 2.05) is 0 Å². The minimum Gasteiger partial charge on any atom is -0.325 e. The first-order valence-electron chi connectivity index (χ1n) is 17.1. The third-order valence-electron chi connectivity index (χ3n) is 9.24. The maximum Gasteiger partial charge on any atom is 0.255 e. The Morgan fingerprint density at radius 1 is 1.10 bits per heavy atom. The van der Waals surface area contributed by atoms with Crippen molar-refractivity contribution in [3.63, 3.8) is 0 Å². The number of nitrogens with one attached hydrogen (secondary N) is 4. The van der Waals surface area contributed by atoms with Crippen LogP contribution in [0.25, 0.3) is 0 Å². The Kier molecular flexibility index (Phi) is 12.3. The molecule has 266 valence electrons. The average molecular weight is 767 g/mol. The Hall–Kier alpha value is -3.90. The second-order valence-electron chi connectivity index (χ2n) is 13.1. The van der Waals surface area contributed by atoms with Crippen molar-refractivity contribution in [1.29, 1.82) is 5.26 Å². The van der Waals surface area contributed by atoms with Crippen LogP contribution in [0, 0.1) is 23.2 Å². The smallest absolute Gasteiger partial charge is 0.255 e. The standard InChI is InChI=1S/C36H44BrN7O5S/c1-4-7-23-15-29-34(31(45)16-23)33(27(20-38)22(3)40-29)25-18-28(37)35(30(19-25)43-50(48,49)14-5-2)42-36(47)24-8-6-9-26(17-24)41-32(46)21-44-12-10-39-11-13-44/h6,8-9,17-19,23,27,33,39,43H,4-5,7,10-16,21H2,1-3H3,(H,41,46)(H,42,47). The van der Waals surface area contributed by atoms with Gasteiger partial charge in [-0.15, -0.1) is 0 Å². The molecular weight excluding hydrogens is 722 g/mol. The van der Waals surface area contributed by atoms with Crippen molar-refractivity contribution in [2.75, 3.05) is 53.8 Å². The van der Waals surface area contributed by atoms with Gasteiger partial charge in [0.25, 0.3) is 5.91 Å². The number of hydrogen-bond acceptors (Lipinski definition) is 9. The first-order valence-corrected chi connectivity index (χ1v) is 19.6. The molecule has 1 fully saturated rings. The molecule has 4 N–H and O–H groups in total. The zero-order valence-corrected chi connectivity index (χ0v) is 31.0. The quantitative estimate of drug-likeness (QED) is 0.222. The summed E-state index contributed by atoms with van der Waals surface area (Å²) in [7, 11) is -3.83. The number of ketones is 1. The van der Waals surface area contributed by atoms with E-state index >= 15 is 0 Å². The number of nitrogens with zero attached hydrogens (tertiary/aromatic N) is 3. The highest BCUT2D eigenvalue weighted by Gasteiger charge is 2.41. The maximum absolute atomic E-state index is 13.7. The number of aliphatic imine (C=N–C) groups is 1. The molecule has 2 aromatic rings. The first-order chi connectivity index (χ1) is 23.9. The summed E-state index contributed by atoms with van der Waals surface area (Å²) in [5, 5.41) is 19.2. The van der Waals surface area contributed by atoms with E-state index in [-0.39, 0.29) is 46.8 Å². The van der Waals surface area contributed by atoms with Gasteiger partial charge in [-0.1, -0.05) is 26.3 Å². The Bertz CT molecular complexity index is 1860. The van der Waals surface area contributed by atoms with Crippen LogP contribution in [0.1, 0.15) is 74.7 Å². The van der Waals surface area contributed by atoms with Crippen LogP contribution in [0.5, 0.6) is 0 Å². The van der Waals surface area contributed by atoms with Crippen molar-refractivity contribution in [3.8, 4) is 6.07 Å². The molecule has 2 heterocycles. The Balaban J connectivity index is 1.47. The summed E-state index contributed by atoms with van der Waals surface area (Å²) in [6, 6.07) is 12.2. The number of carbonyl (C=O) groups is 3. The van der Waals surface area contributed by atoms with Gasteiger partial charge in [0.15, 0.2) is 5.78 Å². The second-order valence-corrected chi connectivity index (χ2v) is 15.8. The minimum absolute atomic E-state index is 0.0484. The van der Waals surface area contributed by atoms with E-state index in [0.717, 1.165) is 39.0 Å². The molecule has 0 saturated carbocycles. The SMILES string of the molecule is CCCC1CC(=O)C2=C(C1)N=C(C)C(C#N)C2c1cc(Br)c(NC(=O)c2cccc(NC(=O)CN3CCNCC3)c2)c(NS(=O)(=O)CCC)c1. The van der Waals surface area contributed by atoms with Gasteiger partial charge in [-0.3, -0.25) is 29.0 Å². The lowest BCUT2D eigenvalue weighted by molar-refractivity contribution is -0.118. The van der Waals surface area contributed by atoms with Gasteiger partial charge in [0.05, 0.1) is 35.7 Å². The summed E-state index contributed by atoms with van der Waals surface area (Å²) in [5.74, 6) is -2.14. The fourth-order valence-electron chi connectivity index (χ4n) is 6.98. The molecule has 2 aromatic carbocycles. The number of halogens is 1. The monoisotopic (exact) mass is 765 g/mol. The first kappa shape index (κ1) is 37.4. The van der Waals surface area contributed by atoms with E-state index in [9.17, 15) is 28.1 Å². The fraction of sp³-hybridized carbons (Fsp3) is 0.472. The van der Waals surface area contributed by atoms with E-state index in [1.165, 1.54) is 0 Å². The third-order valence-corrected chi connectivity index (χ3v) is 11.3. The maximum atomic E-state index is 13.7. The molecule has 5 rings (SSSR count). The van der Waals surface area contributed by atoms with E-state index in [2.05, 4.69) is 54.5 Å². The average Bonchev–Trinajstić information content (AvgIpc) is 3.06. The molecule has 2 amide bonds. The van der Waals surface area contributed by atoms with Crippen LogP contribution in [0.4, 0.5) is 17.1 Å². The van der Waals surface area contributed by atoms with Gasteiger partial charge in [-0.05, 0) is 83.9 Å². The molecule has 0 aromatic heterocycles. The molecule has 12 nitrogen and oxygen atoms in total. The van der Waals surface area contributed by atoms with Crippen LogP contribution in [0.15, 0.2) is 57.1 Å². The van der Waals surface area contributed by atoms with E-state index in [0.29, 0.717) is 52.0 Å². The Morgan fingerprint density at radius 2 is 1.86 bits per heavy atom. The van der Waals surface area contributed by atoms with Gasteiger partial charge in [-0.2, -0.15) is 5.26 Å². The molecule has 3 atom stereocenters. The number of hydrogen-bond donors (Lipinski definition) is 4. The lowest BCUT2D eigenvalue weighted by Crippen LogP contribution is -2.46. The normalized spacial score (nSPS) is 21.1. The van der Waals surface area contributed by atoms with Crippen molar-refractivity contribution < 1.29 is 22.8 Å². The highest BCUT2D eigenvalue weighted by molar-refractivity contribution is 9.10. The minimum atomic E-state index is -3.83. The Morgan fingerprint density at radius 3 is 2.56 bits per heavy atom. The van der Waals surface area contributed by atoms with Crippen molar-refractivity contribution in [1.82, 2.24) is 10.2 Å². The number of anilines is 3. The fourth-order valence-corrected chi connectivity index (χ4v) is 8.69. The van der Waals surface area contributed by atoms with Crippen molar-refractivity contribution >= 4 is 66.3 Å². The van der Waals surface area contributed by atoms with E-state index in [1.54, 1.807) is 50.2 Å². The highest BCUT2D eigenvalue weighted by Crippen LogP contribution is 2.47. The third kappa shape index (κ3) is 8.87. The van der Waals surface area contributed by atoms with Crippen LogP contribution in [-0.4, -0.2) is 75.1 Å². The number of carbonyl (C=O) groups excluding carboxylic acids is 3. The predicted molar refractivity (Wildman–Crippen MR) is 199 cm³/mol. The molecule has 2 aliphatic heterocycles. The van der Waals surface area contributed by atoms with Gasteiger partial charge in [0.2, 0.25) is 15.9 Å². The number of piperazine rings is 1. The second kappa shape index (κ2) is 16.4. The van der Waals surface area contributed by atoms with Gasteiger partial charge in [0, 0.05) is 71.2 Å². The molecule has 0 radical (unpaired) electrons. The Labute approximate surface area is 302 Å². The van der Waals surface area contributed by atoms with Gasteiger partial charge in [-0.25, -0.2) is 8.42 Å². The lowest BCUT2D eigenvalue weighted by Gasteiger charge is -2.35. The van der Waals surface area contributed by atoms with Gasteiger partial charge >= 0.3 is 0 Å². The zero-order chi connectivity index (χ0) is 36.0. The number of allylic oxidation sites excluding steroid dienone is 2. The summed E-state index contributed by atoms with van der Waals surface area (Å²) in [6.45, 7) is 9.04. The van der Waals surface area contributed by atoms with Crippen molar-refractivity contribution in [3.05, 3.63) is 63.3 Å². The largest absolute Gasteiger partial charge is 0.325 e. The number of benzene rings is 2. The summed E-state index contributed by atoms with van der Waals surface area (Å²) in [5.41, 5.74) is 3.31. The van der Waals surface area contributed by atoms with Crippen LogP contribution >= 0.6 is 15.9 Å². The summed E-state index contributed by atoms with van der Waals surface area (Å²) < 4.78 is 29.3. The lowest BCUT2D eigenvalue weighted by atomic mass is 9.70. The van der Waals surface area contributed by atoms with Crippen LogP contribution < -0.4 is 20.7 Å². The number of nitriles is 1. The molecule has 3 aliphatic rings. The molecule has 3 unspecified atom stereocenters. The predicted octanol–water partition coefficient (Wildman–Crippen LogP) is 5.43. The number of rotatable bonds is 12. The summed E-state index contributed by atoms with van der Waals surface area (Å²) in [6.07, 6.45) is 3.23. The number of sulfonamides is 1. The number of Topliss-reactive ketones (excluding diaryl/α,β-unsaturated/α-hetero) is 1. The molecule has 0 bridgehead atoms. The molecule has 1 saturated heterocycles. The van der Waals surface area contributed by atoms with Crippen molar-refractivity contribution in [2.45, 2.75) is 58.8 Å². The van der Waals surface area contributed by atoms with E-state index < -0.39 is 27.8 Å². The number of amides is 2. The molecule has 50 heavy (non-hydrogen) atoms. The molecule has 1 aliphatic carbocycles. The molecule has 14 heteroatoms. The summed E-state index contributed by atoms with van der Waals surface area (Å²) in [4.78, 5) is 46.8. The summed E-state index contributed by atoms with van der Waals surface area (Å²) >= 11 is 3.57. The molecular formula is C36H44BrN7O5S.